The molecule has 32 heavy (non-hydrogen) atoms. The molecule has 1 aliphatic heterocycles. The average molecular weight is 433 g/mol. The zero-order valence-electron chi connectivity index (χ0n) is 18.7. The smallest absolute Gasteiger partial charge is 0.253 e. The Hall–Kier alpha value is -3.28. The highest BCUT2D eigenvalue weighted by atomic mass is 19.1. The Bertz CT molecular complexity index is 1070. The molecule has 3 aromatic rings. The normalized spacial score (nSPS) is 14.3. The lowest BCUT2D eigenvalue weighted by Crippen LogP contribution is -2.35. The Kier molecular flexibility index (Phi) is 6.78. The van der Waals surface area contributed by atoms with Crippen molar-refractivity contribution < 1.29 is 9.18 Å². The summed E-state index contributed by atoms with van der Waals surface area (Å²) >= 11 is 0. The van der Waals surface area contributed by atoms with Crippen molar-refractivity contribution in [3.8, 4) is 0 Å². The van der Waals surface area contributed by atoms with Gasteiger partial charge in [0, 0.05) is 49.4 Å². The first-order valence-electron chi connectivity index (χ1n) is 11.2. The fourth-order valence-corrected chi connectivity index (χ4v) is 4.28. The van der Waals surface area contributed by atoms with Gasteiger partial charge in [0.25, 0.3) is 5.91 Å². The van der Waals surface area contributed by atoms with Crippen LogP contribution in [-0.2, 0) is 12.8 Å². The van der Waals surface area contributed by atoms with Crippen LogP contribution in [0, 0.1) is 12.7 Å². The van der Waals surface area contributed by atoms with Gasteiger partial charge in [0.05, 0.1) is 0 Å². The maximum atomic E-state index is 13.2. The first kappa shape index (κ1) is 21.9. The van der Waals surface area contributed by atoms with Gasteiger partial charge in [-0.1, -0.05) is 37.3 Å². The van der Waals surface area contributed by atoms with Crippen LogP contribution in [0.4, 0.5) is 10.2 Å². The van der Waals surface area contributed by atoms with E-state index in [1.54, 1.807) is 12.1 Å². The zero-order valence-corrected chi connectivity index (χ0v) is 18.7. The highest BCUT2D eigenvalue weighted by Gasteiger charge is 2.24. The maximum absolute atomic E-state index is 13.2. The largest absolute Gasteiger partial charge is 0.354 e. The molecule has 0 saturated carbocycles. The Morgan fingerprint density at radius 3 is 2.44 bits per heavy atom. The number of carbonyl (C=O) groups is 1. The fourth-order valence-electron chi connectivity index (χ4n) is 4.28. The molecule has 4 rings (SSSR count). The zero-order chi connectivity index (χ0) is 22.5. The molecule has 1 aromatic heterocycles. The van der Waals surface area contributed by atoms with E-state index in [-0.39, 0.29) is 11.7 Å². The minimum atomic E-state index is -0.333. The summed E-state index contributed by atoms with van der Waals surface area (Å²) in [6.45, 7) is 6.88. The van der Waals surface area contributed by atoms with Crippen molar-refractivity contribution in [3.05, 3.63) is 88.6 Å². The van der Waals surface area contributed by atoms with E-state index in [0.29, 0.717) is 25.2 Å². The number of carbonyl (C=O) groups excluding carboxylic acids is 1. The van der Waals surface area contributed by atoms with Gasteiger partial charge in [-0.05, 0) is 49.6 Å². The summed E-state index contributed by atoms with van der Waals surface area (Å²) in [5.74, 6) is 1.37. The van der Waals surface area contributed by atoms with Gasteiger partial charge in [-0.3, -0.25) is 4.79 Å². The molecule has 0 bridgehead atoms. The number of hydrogen-bond donors (Lipinski definition) is 0. The van der Waals surface area contributed by atoms with Gasteiger partial charge in [-0.25, -0.2) is 14.4 Å². The van der Waals surface area contributed by atoms with Crippen molar-refractivity contribution >= 4 is 11.7 Å². The first-order chi connectivity index (χ1) is 15.5. The van der Waals surface area contributed by atoms with Crippen molar-refractivity contribution in [3.63, 3.8) is 0 Å². The van der Waals surface area contributed by atoms with Crippen LogP contribution in [0.5, 0.6) is 0 Å². The summed E-state index contributed by atoms with van der Waals surface area (Å²) in [4.78, 5) is 26.7. The van der Waals surface area contributed by atoms with E-state index in [2.05, 4.69) is 36.1 Å². The van der Waals surface area contributed by atoms with E-state index in [0.717, 1.165) is 43.1 Å². The topological polar surface area (TPSA) is 49.3 Å². The summed E-state index contributed by atoms with van der Waals surface area (Å²) in [6, 6.07) is 16.2. The number of anilines is 1. The van der Waals surface area contributed by atoms with Gasteiger partial charge in [0.1, 0.15) is 17.5 Å². The molecule has 6 heteroatoms. The van der Waals surface area contributed by atoms with E-state index in [9.17, 15) is 9.18 Å². The minimum absolute atomic E-state index is 0.0514. The van der Waals surface area contributed by atoms with Crippen molar-refractivity contribution in [2.24, 2.45) is 0 Å². The number of amides is 1. The number of aryl methyl sites for hydroxylation is 2. The second kappa shape index (κ2) is 9.90. The van der Waals surface area contributed by atoms with E-state index < -0.39 is 0 Å². The first-order valence-corrected chi connectivity index (χ1v) is 11.2. The van der Waals surface area contributed by atoms with Crippen LogP contribution in [-0.4, -0.2) is 47.0 Å². The molecule has 0 atom stereocenters. The second-order valence-corrected chi connectivity index (χ2v) is 8.18. The number of rotatable bonds is 5. The Balaban J connectivity index is 1.57. The van der Waals surface area contributed by atoms with E-state index in [4.69, 9.17) is 9.97 Å². The van der Waals surface area contributed by atoms with Crippen molar-refractivity contribution in [2.45, 2.75) is 33.1 Å². The van der Waals surface area contributed by atoms with Crippen LogP contribution in [0.15, 0.2) is 54.6 Å². The number of aromatic nitrogens is 2. The highest BCUT2D eigenvalue weighted by molar-refractivity contribution is 5.94. The summed E-state index contributed by atoms with van der Waals surface area (Å²) in [7, 11) is 0. The lowest BCUT2D eigenvalue weighted by Gasteiger charge is -2.26. The van der Waals surface area contributed by atoms with E-state index >= 15 is 0 Å². The number of hydrogen-bond acceptors (Lipinski definition) is 4. The summed E-state index contributed by atoms with van der Waals surface area (Å²) in [6.07, 6.45) is 2.48. The van der Waals surface area contributed by atoms with E-state index in [1.165, 1.54) is 23.3 Å². The van der Waals surface area contributed by atoms with Crippen molar-refractivity contribution in [1.82, 2.24) is 14.9 Å². The maximum Gasteiger partial charge on any atom is 0.253 e. The summed E-state index contributed by atoms with van der Waals surface area (Å²) in [5, 5.41) is 0. The van der Waals surface area contributed by atoms with Crippen LogP contribution in [0.25, 0.3) is 0 Å². The summed E-state index contributed by atoms with van der Waals surface area (Å²) in [5.41, 5.74) is 4.01. The SMILES string of the molecule is CCc1nc(C)nc(N2CCCN(C(=O)c3ccc(F)cc3)CC2)c1Cc1ccccc1. The van der Waals surface area contributed by atoms with Gasteiger partial charge >= 0.3 is 0 Å². The number of nitrogens with zero attached hydrogens (tertiary/aromatic N) is 4. The van der Waals surface area contributed by atoms with Crippen molar-refractivity contribution in [2.75, 3.05) is 31.1 Å². The van der Waals surface area contributed by atoms with Gasteiger partial charge < -0.3 is 9.80 Å². The average Bonchev–Trinajstić information content (AvgIpc) is 3.07. The number of halogens is 1. The second-order valence-electron chi connectivity index (χ2n) is 8.18. The third-order valence-electron chi connectivity index (χ3n) is 5.92. The standard InChI is InChI=1S/C26H29FN4O/c1-3-24-23(18-20-8-5-4-6-9-20)25(29-19(2)28-24)30-14-7-15-31(17-16-30)26(32)21-10-12-22(27)13-11-21/h4-6,8-13H,3,7,14-18H2,1-2H3. The molecular weight excluding hydrogens is 403 g/mol. The Morgan fingerprint density at radius 1 is 0.969 bits per heavy atom. The molecule has 1 aliphatic rings. The molecule has 0 radical (unpaired) electrons. The van der Waals surface area contributed by atoms with Crippen LogP contribution < -0.4 is 4.90 Å². The van der Waals surface area contributed by atoms with Gasteiger partial charge in [-0.2, -0.15) is 0 Å². The fraction of sp³-hybridized carbons (Fsp3) is 0.346. The molecule has 2 heterocycles. The molecule has 2 aromatic carbocycles. The Morgan fingerprint density at radius 2 is 1.72 bits per heavy atom. The third-order valence-corrected chi connectivity index (χ3v) is 5.92. The minimum Gasteiger partial charge on any atom is -0.354 e. The predicted octanol–water partition coefficient (Wildman–Crippen LogP) is 4.43. The van der Waals surface area contributed by atoms with Crippen LogP contribution in [0.3, 0.4) is 0 Å². The molecule has 5 nitrogen and oxygen atoms in total. The molecule has 1 amide bonds. The number of benzene rings is 2. The van der Waals surface area contributed by atoms with Crippen LogP contribution in [0.2, 0.25) is 0 Å². The molecule has 1 saturated heterocycles. The van der Waals surface area contributed by atoms with Crippen LogP contribution >= 0.6 is 0 Å². The van der Waals surface area contributed by atoms with E-state index in [1.807, 2.05) is 17.9 Å². The lowest BCUT2D eigenvalue weighted by atomic mass is 10.0. The monoisotopic (exact) mass is 432 g/mol. The van der Waals surface area contributed by atoms with Gasteiger partial charge in [0.15, 0.2) is 0 Å². The van der Waals surface area contributed by atoms with Crippen molar-refractivity contribution in [1.29, 1.82) is 0 Å². The van der Waals surface area contributed by atoms with Crippen LogP contribution in [0.1, 0.15) is 46.3 Å². The molecule has 0 unspecified atom stereocenters. The summed E-state index contributed by atoms with van der Waals surface area (Å²) < 4.78 is 13.2. The molecule has 0 N–H and O–H groups in total. The lowest BCUT2D eigenvalue weighted by molar-refractivity contribution is 0.0767. The highest BCUT2D eigenvalue weighted by Crippen LogP contribution is 2.26. The molecule has 166 valence electrons. The molecule has 0 aliphatic carbocycles. The molecule has 0 spiro atoms. The van der Waals surface area contributed by atoms with Gasteiger partial charge in [-0.15, -0.1) is 0 Å². The Labute approximate surface area is 188 Å². The van der Waals surface area contributed by atoms with Gasteiger partial charge in [0.2, 0.25) is 0 Å². The molecular formula is C26H29FN4O. The molecule has 1 fully saturated rings. The third kappa shape index (κ3) is 4.96. The predicted molar refractivity (Wildman–Crippen MR) is 125 cm³/mol. The quantitative estimate of drug-likeness (QED) is 0.599.